The molecule has 0 atom stereocenters. The molecule has 0 saturated carbocycles. The maximum atomic E-state index is 12.0. The lowest BCUT2D eigenvalue weighted by atomic mass is 10.2. The molecular weight excluding hydrogens is 228 g/mol. The zero-order chi connectivity index (χ0) is 13.0. The van der Waals surface area contributed by atoms with Crippen molar-refractivity contribution in [3.05, 3.63) is 47.8 Å². The first-order chi connectivity index (χ1) is 8.70. The van der Waals surface area contributed by atoms with Gasteiger partial charge in [-0.1, -0.05) is 6.07 Å². The average molecular weight is 242 g/mol. The molecule has 2 N–H and O–H groups in total. The van der Waals surface area contributed by atoms with Gasteiger partial charge in [0.25, 0.3) is 5.91 Å². The van der Waals surface area contributed by atoms with Gasteiger partial charge in [-0.2, -0.15) is 0 Å². The van der Waals surface area contributed by atoms with Crippen molar-refractivity contribution in [2.24, 2.45) is 0 Å². The van der Waals surface area contributed by atoms with Gasteiger partial charge >= 0.3 is 0 Å². The van der Waals surface area contributed by atoms with Gasteiger partial charge in [0.05, 0.1) is 5.56 Å². The molecule has 0 saturated heterocycles. The molecule has 0 aliphatic rings. The molecule has 0 unspecified atom stereocenters. The first-order valence-electron chi connectivity index (χ1n) is 5.57. The van der Waals surface area contributed by atoms with Crippen LogP contribution in [0.25, 0.3) is 0 Å². The maximum Gasteiger partial charge on any atom is 0.258 e. The Labute approximate surface area is 105 Å². The minimum Gasteiger partial charge on any atom is -0.373 e. The quantitative estimate of drug-likeness (QED) is 0.864. The summed E-state index contributed by atoms with van der Waals surface area (Å²) in [7, 11) is 1.78. The molecular formula is C13H14N4O. The van der Waals surface area contributed by atoms with Crippen LogP contribution in [0.5, 0.6) is 0 Å². The Hall–Kier alpha value is -2.43. The molecule has 2 aromatic heterocycles. The van der Waals surface area contributed by atoms with Crippen molar-refractivity contribution in [2.45, 2.75) is 6.92 Å². The first kappa shape index (κ1) is 12.0. The van der Waals surface area contributed by atoms with Gasteiger partial charge in [0.15, 0.2) is 0 Å². The lowest BCUT2D eigenvalue weighted by molar-refractivity contribution is 0.102. The molecule has 2 heterocycles. The molecule has 0 aliphatic heterocycles. The third-order valence-corrected chi connectivity index (χ3v) is 2.52. The number of rotatable bonds is 3. The van der Waals surface area contributed by atoms with Crippen molar-refractivity contribution in [3.8, 4) is 0 Å². The molecule has 92 valence electrons. The van der Waals surface area contributed by atoms with Crippen LogP contribution in [0.3, 0.4) is 0 Å². The zero-order valence-corrected chi connectivity index (χ0v) is 10.3. The Morgan fingerprint density at radius 3 is 2.67 bits per heavy atom. The fourth-order valence-electron chi connectivity index (χ4n) is 1.47. The molecule has 2 aromatic rings. The first-order valence-corrected chi connectivity index (χ1v) is 5.57. The second kappa shape index (κ2) is 5.27. The van der Waals surface area contributed by atoms with Gasteiger partial charge in [-0.15, -0.1) is 0 Å². The molecule has 2 rings (SSSR count). The monoisotopic (exact) mass is 242 g/mol. The number of anilines is 2. The van der Waals surface area contributed by atoms with E-state index in [-0.39, 0.29) is 5.91 Å². The van der Waals surface area contributed by atoms with Gasteiger partial charge in [0.1, 0.15) is 11.6 Å². The molecule has 0 aliphatic carbocycles. The van der Waals surface area contributed by atoms with Crippen molar-refractivity contribution >= 4 is 17.5 Å². The number of amides is 1. The van der Waals surface area contributed by atoms with Crippen molar-refractivity contribution in [2.75, 3.05) is 17.7 Å². The highest BCUT2D eigenvalue weighted by molar-refractivity contribution is 6.03. The number of carbonyl (C=O) groups is 1. The number of carbonyl (C=O) groups excluding carboxylic acids is 1. The van der Waals surface area contributed by atoms with Crippen LogP contribution in [0.1, 0.15) is 15.9 Å². The second-order valence-electron chi connectivity index (χ2n) is 3.81. The van der Waals surface area contributed by atoms with Gasteiger partial charge < -0.3 is 10.6 Å². The van der Waals surface area contributed by atoms with Gasteiger partial charge in [0, 0.05) is 19.4 Å². The van der Waals surface area contributed by atoms with Crippen LogP contribution in [0.4, 0.5) is 11.6 Å². The van der Waals surface area contributed by atoms with Crippen LogP contribution in [0, 0.1) is 6.92 Å². The highest BCUT2D eigenvalue weighted by atomic mass is 16.1. The summed E-state index contributed by atoms with van der Waals surface area (Å²) in [6, 6.07) is 7.19. The molecule has 0 radical (unpaired) electrons. The van der Waals surface area contributed by atoms with Crippen molar-refractivity contribution in [1.82, 2.24) is 9.97 Å². The number of hydrogen-bond acceptors (Lipinski definition) is 4. The standard InChI is InChI=1S/C13H14N4O/c1-9-4-3-7-15-12(9)17-13(18)10-5-6-11(14-2)16-8-10/h3-8H,1-2H3,(H,14,16)(H,15,17,18). The van der Waals surface area contributed by atoms with Crippen molar-refractivity contribution in [1.29, 1.82) is 0 Å². The maximum absolute atomic E-state index is 12.0. The lowest BCUT2D eigenvalue weighted by Crippen LogP contribution is -2.14. The largest absolute Gasteiger partial charge is 0.373 e. The van der Waals surface area contributed by atoms with Crippen LogP contribution in [0.15, 0.2) is 36.7 Å². The third kappa shape index (κ3) is 2.63. The predicted molar refractivity (Wildman–Crippen MR) is 70.7 cm³/mol. The van der Waals surface area contributed by atoms with E-state index in [1.54, 1.807) is 25.4 Å². The van der Waals surface area contributed by atoms with Crippen molar-refractivity contribution < 1.29 is 4.79 Å². The van der Waals surface area contributed by atoms with E-state index in [1.165, 1.54) is 6.20 Å². The fourth-order valence-corrected chi connectivity index (χ4v) is 1.47. The molecule has 0 spiro atoms. The summed E-state index contributed by atoms with van der Waals surface area (Å²) in [6.45, 7) is 1.89. The van der Waals surface area contributed by atoms with Crippen LogP contribution in [-0.4, -0.2) is 22.9 Å². The van der Waals surface area contributed by atoms with E-state index >= 15 is 0 Å². The number of nitrogens with one attached hydrogen (secondary N) is 2. The minimum atomic E-state index is -0.216. The van der Waals surface area contributed by atoms with Crippen LogP contribution in [0.2, 0.25) is 0 Å². The molecule has 0 bridgehead atoms. The van der Waals surface area contributed by atoms with E-state index < -0.39 is 0 Å². The third-order valence-electron chi connectivity index (χ3n) is 2.52. The summed E-state index contributed by atoms with van der Waals surface area (Å²) < 4.78 is 0. The summed E-state index contributed by atoms with van der Waals surface area (Å²) in [5, 5.41) is 5.65. The van der Waals surface area contributed by atoms with E-state index in [1.807, 2.05) is 19.1 Å². The predicted octanol–water partition coefficient (Wildman–Crippen LogP) is 2.08. The minimum absolute atomic E-state index is 0.216. The Bertz CT molecular complexity index is 551. The number of pyridine rings is 2. The normalized spacial score (nSPS) is 9.89. The smallest absolute Gasteiger partial charge is 0.258 e. The Kier molecular flexibility index (Phi) is 3.52. The van der Waals surface area contributed by atoms with Crippen LogP contribution in [-0.2, 0) is 0 Å². The molecule has 0 fully saturated rings. The van der Waals surface area contributed by atoms with Gasteiger partial charge in [-0.3, -0.25) is 4.79 Å². The van der Waals surface area contributed by atoms with Crippen molar-refractivity contribution in [3.63, 3.8) is 0 Å². The highest BCUT2D eigenvalue weighted by Crippen LogP contribution is 2.11. The topological polar surface area (TPSA) is 66.9 Å². The Morgan fingerprint density at radius 1 is 1.22 bits per heavy atom. The van der Waals surface area contributed by atoms with E-state index in [0.29, 0.717) is 11.4 Å². The SMILES string of the molecule is CNc1ccc(C(=O)Nc2ncccc2C)cn1. The molecule has 5 heteroatoms. The molecule has 1 amide bonds. The average Bonchev–Trinajstić information content (AvgIpc) is 2.41. The number of aryl methyl sites for hydroxylation is 1. The summed E-state index contributed by atoms with van der Waals surface area (Å²) in [4.78, 5) is 20.2. The second-order valence-corrected chi connectivity index (χ2v) is 3.81. The molecule has 0 aromatic carbocycles. The summed E-state index contributed by atoms with van der Waals surface area (Å²) in [5.74, 6) is 1.08. The number of aromatic nitrogens is 2. The lowest BCUT2D eigenvalue weighted by Gasteiger charge is -2.07. The molecule has 5 nitrogen and oxygen atoms in total. The summed E-state index contributed by atoms with van der Waals surface area (Å²) in [5.41, 5.74) is 1.42. The Morgan fingerprint density at radius 2 is 2.06 bits per heavy atom. The van der Waals surface area contributed by atoms with E-state index in [9.17, 15) is 4.79 Å². The van der Waals surface area contributed by atoms with E-state index in [4.69, 9.17) is 0 Å². The Balaban J connectivity index is 2.14. The highest BCUT2D eigenvalue weighted by Gasteiger charge is 2.08. The van der Waals surface area contributed by atoms with Gasteiger partial charge in [-0.05, 0) is 30.7 Å². The van der Waals surface area contributed by atoms with Gasteiger partial charge in [-0.25, -0.2) is 9.97 Å². The number of hydrogen-bond donors (Lipinski definition) is 2. The fraction of sp³-hybridized carbons (Fsp3) is 0.154. The summed E-state index contributed by atoms with van der Waals surface area (Å²) >= 11 is 0. The summed E-state index contributed by atoms with van der Waals surface area (Å²) in [6.07, 6.45) is 3.17. The van der Waals surface area contributed by atoms with Gasteiger partial charge in [0.2, 0.25) is 0 Å². The van der Waals surface area contributed by atoms with Crippen LogP contribution >= 0.6 is 0 Å². The zero-order valence-electron chi connectivity index (χ0n) is 10.3. The van der Waals surface area contributed by atoms with E-state index in [0.717, 1.165) is 11.4 Å². The number of nitrogens with zero attached hydrogens (tertiary/aromatic N) is 2. The van der Waals surface area contributed by atoms with E-state index in [2.05, 4.69) is 20.6 Å². The molecule has 18 heavy (non-hydrogen) atoms. The van der Waals surface area contributed by atoms with Crippen LogP contribution < -0.4 is 10.6 Å².